The van der Waals surface area contributed by atoms with Crippen LogP contribution in [-0.2, 0) is 0 Å². The van der Waals surface area contributed by atoms with E-state index >= 15 is 0 Å². The molecule has 0 fully saturated rings. The topological polar surface area (TPSA) is 148 Å². The maximum Gasteiger partial charge on any atom is 0.271 e. The van der Waals surface area contributed by atoms with Gasteiger partial charge < -0.3 is 15.3 Å². The maximum atomic E-state index is 11.8. The van der Waals surface area contributed by atoms with E-state index in [4.69, 9.17) is 0 Å². The number of nitrogens with zero attached hydrogens (tertiary/aromatic N) is 2. The standard InChI is InChI=1S/C14H11N3O6/c18-11-4-8(5-12(19)6-11)14(21)16-15-7-9-3-10(17(22)23)1-2-13(9)20/h1-7,18-20H,(H,16,21)/p-1/b15-7+. The Morgan fingerprint density at radius 1 is 1.17 bits per heavy atom. The fourth-order valence-electron chi connectivity index (χ4n) is 1.70. The van der Waals surface area contributed by atoms with Crippen LogP contribution in [0.3, 0.4) is 0 Å². The first-order valence-corrected chi connectivity index (χ1v) is 6.18. The molecule has 9 nitrogen and oxygen atoms in total. The Bertz CT molecular complexity index is 783. The number of hydrogen-bond donors (Lipinski definition) is 3. The summed E-state index contributed by atoms with van der Waals surface area (Å²) in [6.07, 6.45) is 0.968. The largest absolute Gasteiger partial charge is 0.872 e. The van der Waals surface area contributed by atoms with Gasteiger partial charge in [0.15, 0.2) is 0 Å². The van der Waals surface area contributed by atoms with Gasteiger partial charge in [0.25, 0.3) is 11.6 Å². The van der Waals surface area contributed by atoms with Gasteiger partial charge in [0.05, 0.1) is 11.1 Å². The van der Waals surface area contributed by atoms with Crippen LogP contribution in [0.5, 0.6) is 17.2 Å². The number of benzene rings is 2. The molecule has 0 radical (unpaired) electrons. The smallest absolute Gasteiger partial charge is 0.271 e. The van der Waals surface area contributed by atoms with Crippen molar-refractivity contribution in [3.63, 3.8) is 0 Å². The first kappa shape index (κ1) is 15.8. The number of nitro benzene ring substituents is 1. The number of carbonyl (C=O) groups excluding carboxylic acids is 1. The van der Waals surface area contributed by atoms with E-state index in [2.05, 4.69) is 10.5 Å². The first-order chi connectivity index (χ1) is 10.9. The molecule has 2 rings (SSSR count). The number of amides is 1. The third kappa shape index (κ3) is 3.94. The van der Waals surface area contributed by atoms with Gasteiger partial charge in [-0.15, -0.1) is 0 Å². The number of hydrogen-bond acceptors (Lipinski definition) is 7. The summed E-state index contributed by atoms with van der Waals surface area (Å²) < 4.78 is 0. The molecule has 2 aromatic carbocycles. The molecule has 0 saturated heterocycles. The molecule has 0 spiro atoms. The van der Waals surface area contributed by atoms with Crippen LogP contribution in [0.25, 0.3) is 0 Å². The van der Waals surface area contributed by atoms with E-state index in [0.29, 0.717) is 0 Å². The molecule has 0 aliphatic rings. The Labute approximate surface area is 129 Å². The Morgan fingerprint density at radius 3 is 2.43 bits per heavy atom. The molecule has 9 heteroatoms. The van der Waals surface area contributed by atoms with E-state index in [9.17, 15) is 30.2 Å². The highest BCUT2D eigenvalue weighted by molar-refractivity contribution is 5.95. The van der Waals surface area contributed by atoms with E-state index in [-0.39, 0.29) is 28.3 Å². The summed E-state index contributed by atoms with van der Waals surface area (Å²) >= 11 is 0. The molecule has 0 aliphatic carbocycles. The summed E-state index contributed by atoms with van der Waals surface area (Å²) in [5, 5.41) is 44.3. The van der Waals surface area contributed by atoms with E-state index in [1.807, 2.05) is 0 Å². The number of aromatic hydroxyl groups is 2. The predicted octanol–water partition coefficient (Wildman–Crippen LogP) is 0.843. The van der Waals surface area contributed by atoms with Crippen molar-refractivity contribution in [1.29, 1.82) is 0 Å². The van der Waals surface area contributed by atoms with Gasteiger partial charge >= 0.3 is 0 Å². The van der Waals surface area contributed by atoms with Crippen LogP contribution in [0, 0.1) is 10.1 Å². The molecule has 0 unspecified atom stereocenters. The van der Waals surface area contributed by atoms with Crippen LogP contribution in [0.4, 0.5) is 5.69 Å². The molecule has 23 heavy (non-hydrogen) atoms. The number of non-ortho nitro benzene ring substituents is 1. The molecule has 0 bridgehead atoms. The van der Waals surface area contributed by atoms with E-state index in [1.54, 1.807) is 0 Å². The van der Waals surface area contributed by atoms with Crippen LogP contribution in [0.15, 0.2) is 41.5 Å². The lowest BCUT2D eigenvalue weighted by atomic mass is 10.2. The van der Waals surface area contributed by atoms with Crippen LogP contribution in [0.2, 0.25) is 0 Å². The lowest BCUT2D eigenvalue weighted by Crippen LogP contribution is -2.17. The SMILES string of the molecule is O=C(N/N=C/c1cc([N+](=O)[O-])ccc1[O-])c1cc(O)cc(O)c1. The highest BCUT2D eigenvalue weighted by atomic mass is 16.6. The van der Waals surface area contributed by atoms with Gasteiger partial charge in [-0.05, 0) is 17.7 Å². The molecule has 0 atom stereocenters. The van der Waals surface area contributed by atoms with E-state index in [1.165, 1.54) is 0 Å². The predicted molar refractivity (Wildman–Crippen MR) is 77.4 cm³/mol. The molecule has 118 valence electrons. The van der Waals surface area contributed by atoms with Gasteiger partial charge in [-0.25, -0.2) is 5.43 Å². The van der Waals surface area contributed by atoms with Crippen molar-refractivity contribution in [2.24, 2.45) is 5.10 Å². The number of nitro groups is 1. The fourth-order valence-corrected chi connectivity index (χ4v) is 1.70. The minimum absolute atomic E-state index is 0.0546. The summed E-state index contributed by atoms with van der Waals surface area (Å²) in [4.78, 5) is 21.7. The lowest BCUT2D eigenvalue weighted by Gasteiger charge is -2.08. The molecule has 3 N–H and O–H groups in total. The van der Waals surface area contributed by atoms with Gasteiger partial charge in [0.1, 0.15) is 11.5 Å². The Kier molecular flexibility index (Phi) is 4.41. The summed E-state index contributed by atoms with van der Waals surface area (Å²) in [7, 11) is 0. The Balaban J connectivity index is 2.14. The van der Waals surface area contributed by atoms with Crippen LogP contribution in [0.1, 0.15) is 15.9 Å². The van der Waals surface area contributed by atoms with Gasteiger partial charge in [-0.2, -0.15) is 5.10 Å². The molecule has 0 aliphatic heterocycles. The van der Waals surface area contributed by atoms with Crippen molar-refractivity contribution in [2.75, 3.05) is 0 Å². The second-order valence-corrected chi connectivity index (χ2v) is 4.42. The summed E-state index contributed by atoms with van der Waals surface area (Å²) in [6.45, 7) is 0. The minimum atomic E-state index is -0.745. The molecule has 0 aromatic heterocycles. The highest BCUT2D eigenvalue weighted by Gasteiger charge is 2.08. The van der Waals surface area contributed by atoms with Crippen LogP contribution >= 0.6 is 0 Å². The van der Waals surface area contributed by atoms with E-state index < -0.39 is 16.6 Å². The maximum absolute atomic E-state index is 11.8. The molecular formula is C14H10N3O6-. The average Bonchev–Trinajstić information content (AvgIpc) is 2.47. The number of nitrogens with one attached hydrogen (secondary N) is 1. The first-order valence-electron chi connectivity index (χ1n) is 6.18. The lowest BCUT2D eigenvalue weighted by molar-refractivity contribution is -0.385. The number of hydrazone groups is 1. The number of phenols is 2. The second-order valence-electron chi connectivity index (χ2n) is 4.42. The molecule has 2 aromatic rings. The molecule has 0 heterocycles. The normalized spacial score (nSPS) is 10.6. The van der Waals surface area contributed by atoms with Crippen molar-refractivity contribution < 1.29 is 25.0 Å². The van der Waals surface area contributed by atoms with Crippen molar-refractivity contribution in [2.45, 2.75) is 0 Å². The zero-order valence-electron chi connectivity index (χ0n) is 11.5. The quantitative estimate of drug-likeness (QED) is 0.432. The minimum Gasteiger partial charge on any atom is -0.872 e. The fraction of sp³-hybridized carbons (Fsp3) is 0. The number of phenolic OH excluding ortho intramolecular Hbond substituents is 2. The third-order valence-corrected chi connectivity index (χ3v) is 2.74. The van der Waals surface area contributed by atoms with Crippen LogP contribution < -0.4 is 10.5 Å². The van der Waals surface area contributed by atoms with Crippen molar-refractivity contribution in [3.05, 3.63) is 57.6 Å². The van der Waals surface area contributed by atoms with Crippen molar-refractivity contribution in [1.82, 2.24) is 5.43 Å². The van der Waals surface area contributed by atoms with Gasteiger partial charge in [-0.1, -0.05) is 11.8 Å². The van der Waals surface area contributed by atoms with Gasteiger partial charge in [0.2, 0.25) is 0 Å². The van der Waals surface area contributed by atoms with Crippen molar-refractivity contribution >= 4 is 17.8 Å². The third-order valence-electron chi connectivity index (χ3n) is 2.74. The van der Waals surface area contributed by atoms with Crippen molar-refractivity contribution in [3.8, 4) is 17.2 Å². The molecular weight excluding hydrogens is 306 g/mol. The van der Waals surface area contributed by atoms with Gasteiger partial charge in [-0.3, -0.25) is 14.9 Å². The summed E-state index contributed by atoms with van der Waals surface area (Å²) in [6, 6.07) is 6.38. The second kappa shape index (κ2) is 6.43. The van der Waals surface area contributed by atoms with Gasteiger partial charge in [0, 0.05) is 23.8 Å². The number of carbonyl (C=O) groups is 1. The summed E-state index contributed by atoms with van der Waals surface area (Å²) in [5.74, 6) is -1.85. The Hall–Kier alpha value is -3.62. The average molecular weight is 316 g/mol. The number of rotatable bonds is 4. The zero-order chi connectivity index (χ0) is 17.0. The van der Waals surface area contributed by atoms with Crippen LogP contribution in [-0.4, -0.2) is 27.3 Å². The zero-order valence-corrected chi connectivity index (χ0v) is 11.5. The molecule has 0 saturated carbocycles. The Morgan fingerprint density at radius 2 is 1.83 bits per heavy atom. The molecule has 1 amide bonds. The monoisotopic (exact) mass is 316 g/mol. The summed E-state index contributed by atoms with van der Waals surface area (Å²) in [5.41, 5.74) is 1.67. The highest BCUT2D eigenvalue weighted by Crippen LogP contribution is 2.20. The van der Waals surface area contributed by atoms with E-state index in [0.717, 1.165) is 42.6 Å².